The highest BCUT2D eigenvalue weighted by atomic mass is 35.5. The molecule has 1 rings (SSSR count). The molecule has 0 aromatic rings. The van der Waals surface area contributed by atoms with Gasteiger partial charge in [0.25, 0.3) is 0 Å². The van der Waals surface area contributed by atoms with E-state index in [0.717, 1.165) is 0 Å². The Morgan fingerprint density at radius 3 is 1.19 bits per heavy atom. The molecular weight excluding hydrogens is 392 g/mol. The maximum Gasteiger partial charge on any atom is 0.426 e. The van der Waals surface area contributed by atoms with Crippen molar-refractivity contribution < 1.29 is 43.9 Å². The first kappa shape index (κ1) is 20.9. The van der Waals surface area contributed by atoms with E-state index in [1.165, 1.54) is 0 Å². The first-order chi connectivity index (χ1) is 8.94. The maximum atomic E-state index is 12.0. The molecule has 2 atom stereocenters. The van der Waals surface area contributed by atoms with Crippen molar-refractivity contribution >= 4 is 34.8 Å². The van der Waals surface area contributed by atoms with Crippen LogP contribution < -0.4 is 0 Å². The molecule has 1 saturated carbocycles. The Morgan fingerprint density at radius 1 is 0.810 bits per heavy atom. The topological polar surface area (TPSA) is 0 Å². The Balaban J connectivity index is 0.000000382. The van der Waals surface area contributed by atoms with Gasteiger partial charge in [0.1, 0.15) is 15.8 Å². The normalized spacial score (nSPS) is 28.3. The highest BCUT2D eigenvalue weighted by Crippen LogP contribution is 2.56. The van der Waals surface area contributed by atoms with Gasteiger partial charge in [0, 0.05) is 6.08 Å². The summed E-state index contributed by atoms with van der Waals surface area (Å²) in [7, 11) is 0. The first-order valence-corrected chi connectivity index (χ1v) is 5.75. The number of rotatable bonds is 0. The summed E-state index contributed by atoms with van der Waals surface area (Å²) in [6.07, 6.45) is -11.2. The van der Waals surface area contributed by atoms with Gasteiger partial charge in [-0.2, -0.15) is 43.9 Å². The summed E-state index contributed by atoms with van der Waals surface area (Å²) in [4.78, 5) is 0. The predicted molar refractivity (Wildman–Crippen MR) is 55.2 cm³/mol. The summed E-state index contributed by atoms with van der Waals surface area (Å²) in [6.45, 7) is 0. The second-order valence-corrected chi connectivity index (χ2v) is 4.93. The molecule has 0 N–H and O–H groups in total. The number of halogens is 13. The summed E-state index contributed by atoms with van der Waals surface area (Å²) in [6, 6.07) is 0. The standard InChI is InChI=1S/C4H2Cl2F4.C4HClF6/c5-1-2(6)4(9,10)3(1,7)8;5-2(4(9,10)11)1-3(6,7)8/h1-2H;1H. The van der Waals surface area contributed by atoms with Crippen molar-refractivity contribution in [3.8, 4) is 0 Å². The minimum Gasteiger partial charge on any atom is -0.198 e. The summed E-state index contributed by atoms with van der Waals surface area (Å²) in [5.74, 6) is -8.30. The zero-order chi connectivity index (χ0) is 17.4. The van der Waals surface area contributed by atoms with Crippen molar-refractivity contribution in [2.24, 2.45) is 0 Å². The van der Waals surface area contributed by atoms with Crippen molar-refractivity contribution in [2.45, 2.75) is 35.0 Å². The maximum absolute atomic E-state index is 12.0. The smallest absolute Gasteiger partial charge is 0.198 e. The Bertz CT molecular complexity index is 378. The van der Waals surface area contributed by atoms with Gasteiger partial charge in [0.2, 0.25) is 0 Å². The van der Waals surface area contributed by atoms with Crippen molar-refractivity contribution in [1.29, 1.82) is 0 Å². The van der Waals surface area contributed by atoms with E-state index >= 15 is 0 Å². The van der Waals surface area contributed by atoms with Crippen LogP contribution in [0.2, 0.25) is 0 Å². The van der Waals surface area contributed by atoms with Crippen LogP contribution in [-0.4, -0.2) is 35.0 Å². The lowest BCUT2D eigenvalue weighted by Crippen LogP contribution is -2.69. The summed E-state index contributed by atoms with van der Waals surface area (Å²) < 4.78 is 115. The second kappa shape index (κ2) is 6.19. The Morgan fingerprint density at radius 2 is 1.10 bits per heavy atom. The van der Waals surface area contributed by atoms with Gasteiger partial charge in [-0.1, -0.05) is 11.6 Å². The molecule has 13 heteroatoms. The second-order valence-electron chi connectivity index (χ2n) is 3.58. The molecule has 1 aliphatic carbocycles. The van der Waals surface area contributed by atoms with E-state index in [1.54, 1.807) is 0 Å². The van der Waals surface area contributed by atoms with E-state index in [-0.39, 0.29) is 0 Å². The Hall–Kier alpha value is -0.0900. The molecule has 0 aromatic heterocycles. The van der Waals surface area contributed by atoms with Gasteiger partial charge < -0.3 is 0 Å². The van der Waals surface area contributed by atoms with Gasteiger partial charge in [0.05, 0.1) is 0 Å². The number of alkyl halides is 12. The third-order valence-electron chi connectivity index (χ3n) is 1.96. The third-order valence-corrected chi connectivity index (χ3v) is 3.46. The molecule has 21 heavy (non-hydrogen) atoms. The van der Waals surface area contributed by atoms with Gasteiger partial charge in [-0.05, 0) is 0 Å². The molecule has 0 amide bonds. The molecule has 2 unspecified atom stereocenters. The predicted octanol–water partition coefficient (Wildman–Crippen LogP) is 5.72. The SMILES string of the molecule is FC(F)(F)C=C(Cl)C(F)(F)F.FC1(F)C(Cl)C(Cl)C1(F)F. The Kier molecular flexibility index (Phi) is 6.17. The fraction of sp³-hybridized carbons (Fsp3) is 0.750. The molecule has 0 aliphatic heterocycles. The number of allylic oxidation sites excluding steroid dienone is 2. The van der Waals surface area contributed by atoms with Gasteiger partial charge >= 0.3 is 24.2 Å². The number of hydrogen-bond donors (Lipinski definition) is 0. The van der Waals surface area contributed by atoms with Crippen molar-refractivity contribution in [1.82, 2.24) is 0 Å². The molecule has 0 bridgehead atoms. The molecule has 0 nitrogen and oxygen atoms in total. The molecule has 126 valence electrons. The van der Waals surface area contributed by atoms with Gasteiger partial charge in [-0.25, -0.2) is 0 Å². The van der Waals surface area contributed by atoms with E-state index in [9.17, 15) is 43.9 Å². The Labute approximate surface area is 125 Å². The molecule has 0 heterocycles. The van der Waals surface area contributed by atoms with Crippen LogP contribution >= 0.6 is 34.8 Å². The largest absolute Gasteiger partial charge is 0.426 e. The van der Waals surface area contributed by atoms with Crippen LogP contribution in [0.4, 0.5) is 43.9 Å². The van der Waals surface area contributed by atoms with Crippen LogP contribution in [0, 0.1) is 0 Å². The van der Waals surface area contributed by atoms with Crippen LogP contribution in [0.15, 0.2) is 11.1 Å². The summed E-state index contributed by atoms with van der Waals surface area (Å²) in [5, 5.41) is -6.08. The lowest BCUT2D eigenvalue weighted by atomic mass is 9.88. The fourth-order valence-electron chi connectivity index (χ4n) is 0.865. The minimum atomic E-state index is -5.13. The van der Waals surface area contributed by atoms with Crippen molar-refractivity contribution in [3.05, 3.63) is 11.1 Å². The highest BCUT2D eigenvalue weighted by Gasteiger charge is 2.78. The van der Waals surface area contributed by atoms with E-state index in [0.29, 0.717) is 0 Å². The number of hydrogen-bond acceptors (Lipinski definition) is 0. The van der Waals surface area contributed by atoms with Gasteiger partial charge in [-0.3, -0.25) is 0 Å². The van der Waals surface area contributed by atoms with Crippen molar-refractivity contribution in [2.75, 3.05) is 0 Å². The highest BCUT2D eigenvalue weighted by molar-refractivity contribution is 6.32. The fourth-order valence-corrected chi connectivity index (χ4v) is 1.60. The van der Waals surface area contributed by atoms with Crippen LogP contribution in [0.5, 0.6) is 0 Å². The van der Waals surface area contributed by atoms with Crippen molar-refractivity contribution in [3.63, 3.8) is 0 Å². The van der Waals surface area contributed by atoms with E-state index in [1.807, 2.05) is 0 Å². The molecular formula is C8H3Cl3F10. The van der Waals surface area contributed by atoms with Gasteiger partial charge in [0.15, 0.2) is 0 Å². The van der Waals surface area contributed by atoms with E-state index in [2.05, 4.69) is 11.6 Å². The third kappa shape index (κ3) is 4.95. The van der Waals surface area contributed by atoms with Gasteiger partial charge in [-0.15, -0.1) is 23.2 Å². The monoisotopic (exact) mass is 394 g/mol. The molecule has 0 radical (unpaired) electrons. The van der Waals surface area contributed by atoms with Crippen LogP contribution in [0.3, 0.4) is 0 Å². The molecule has 0 saturated heterocycles. The molecule has 0 aromatic carbocycles. The lowest BCUT2D eigenvalue weighted by molar-refractivity contribution is -0.266. The van der Waals surface area contributed by atoms with Crippen LogP contribution in [-0.2, 0) is 0 Å². The minimum absolute atomic E-state index is 1.01. The molecule has 1 fully saturated rings. The summed E-state index contributed by atoms with van der Waals surface area (Å²) in [5.41, 5.74) is 0. The average Bonchev–Trinajstić information content (AvgIpc) is 2.23. The zero-order valence-electron chi connectivity index (χ0n) is 9.15. The van der Waals surface area contributed by atoms with E-state index < -0.39 is 46.1 Å². The summed E-state index contributed by atoms with van der Waals surface area (Å²) >= 11 is 13.9. The molecule has 1 aliphatic rings. The lowest BCUT2D eigenvalue weighted by Gasteiger charge is -2.44. The zero-order valence-corrected chi connectivity index (χ0v) is 11.4. The molecule has 0 spiro atoms. The quantitative estimate of drug-likeness (QED) is 0.364. The van der Waals surface area contributed by atoms with Crippen LogP contribution in [0.25, 0.3) is 0 Å². The van der Waals surface area contributed by atoms with E-state index in [4.69, 9.17) is 23.2 Å². The first-order valence-electron chi connectivity index (χ1n) is 4.50. The van der Waals surface area contributed by atoms with Crippen LogP contribution in [0.1, 0.15) is 0 Å². The average molecular weight is 395 g/mol.